The fraction of sp³-hybridized carbons (Fsp3) is 0. The van der Waals surface area contributed by atoms with E-state index in [9.17, 15) is 0 Å². The molecule has 41 heavy (non-hydrogen) atoms. The van der Waals surface area contributed by atoms with Gasteiger partial charge in [0.05, 0.1) is 0 Å². The molecule has 0 radical (unpaired) electrons. The van der Waals surface area contributed by atoms with Crippen molar-refractivity contribution in [2.24, 2.45) is 0 Å². The van der Waals surface area contributed by atoms with Crippen LogP contribution >= 0.6 is 0 Å². The van der Waals surface area contributed by atoms with Gasteiger partial charge in [0.2, 0.25) is 5.89 Å². The van der Waals surface area contributed by atoms with Crippen LogP contribution in [-0.4, -0.2) is 4.98 Å². The first-order chi connectivity index (χ1) is 20.3. The van der Waals surface area contributed by atoms with Gasteiger partial charge in [0.1, 0.15) is 5.52 Å². The molecule has 7 aromatic carbocycles. The van der Waals surface area contributed by atoms with Crippen LogP contribution in [-0.2, 0) is 0 Å². The average molecular weight is 524 g/mol. The third-order valence-electron chi connectivity index (χ3n) is 7.92. The molecule has 0 aliphatic carbocycles. The molecule has 2 nitrogen and oxygen atoms in total. The topological polar surface area (TPSA) is 26.0 Å². The second-order valence-electron chi connectivity index (χ2n) is 10.4. The van der Waals surface area contributed by atoms with Crippen LogP contribution in [0, 0.1) is 0 Å². The Morgan fingerprint density at radius 2 is 0.927 bits per heavy atom. The highest BCUT2D eigenvalue weighted by molar-refractivity contribution is 6.14. The Balaban J connectivity index is 1.12. The van der Waals surface area contributed by atoms with Gasteiger partial charge in [-0.1, -0.05) is 121 Å². The van der Waals surface area contributed by atoms with E-state index in [1.54, 1.807) is 0 Å². The van der Waals surface area contributed by atoms with Gasteiger partial charge in [-0.2, -0.15) is 0 Å². The second-order valence-corrected chi connectivity index (χ2v) is 10.4. The number of rotatable bonds is 4. The molecule has 1 heterocycles. The van der Waals surface area contributed by atoms with Crippen molar-refractivity contribution in [3.05, 3.63) is 152 Å². The number of benzene rings is 7. The van der Waals surface area contributed by atoms with Gasteiger partial charge in [0, 0.05) is 5.56 Å². The molecule has 0 fully saturated rings. The van der Waals surface area contributed by atoms with Crippen molar-refractivity contribution in [3.8, 4) is 44.8 Å². The first kappa shape index (κ1) is 23.4. The van der Waals surface area contributed by atoms with E-state index in [0.29, 0.717) is 5.89 Å². The number of nitrogens with zero attached hydrogens (tertiary/aromatic N) is 1. The van der Waals surface area contributed by atoms with Crippen LogP contribution in [0.3, 0.4) is 0 Å². The summed E-state index contributed by atoms with van der Waals surface area (Å²) in [5.41, 5.74) is 9.71. The molecule has 1 aromatic heterocycles. The lowest BCUT2D eigenvalue weighted by molar-refractivity contribution is 0.620. The Morgan fingerprint density at radius 1 is 0.390 bits per heavy atom. The third kappa shape index (κ3) is 4.18. The minimum Gasteiger partial charge on any atom is -0.436 e. The molecule has 8 rings (SSSR count). The van der Waals surface area contributed by atoms with E-state index in [1.165, 1.54) is 43.8 Å². The maximum absolute atomic E-state index is 6.31. The summed E-state index contributed by atoms with van der Waals surface area (Å²) in [6, 6.07) is 53.4. The molecule has 0 spiro atoms. The minimum atomic E-state index is 0.631. The van der Waals surface area contributed by atoms with E-state index in [4.69, 9.17) is 9.40 Å². The summed E-state index contributed by atoms with van der Waals surface area (Å²) in [5.74, 6) is 0.631. The monoisotopic (exact) mass is 523 g/mol. The number of oxazole rings is 1. The highest BCUT2D eigenvalue weighted by atomic mass is 16.3. The number of hydrogen-bond donors (Lipinski definition) is 0. The Kier molecular flexibility index (Phi) is 5.49. The van der Waals surface area contributed by atoms with Gasteiger partial charge in [0.25, 0.3) is 0 Å². The minimum absolute atomic E-state index is 0.631. The van der Waals surface area contributed by atoms with Gasteiger partial charge in [-0.15, -0.1) is 0 Å². The van der Waals surface area contributed by atoms with Crippen molar-refractivity contribution >= 4 is 32.6 Å². The van der Waals surface area contributed by atoms with Crippen LogP contribution in [0.2, 0.25) is 0 Å². The van der Waals surface area contributed by atoms with Gasteiger partial charge in [-0.25, -0.2) is 4.98 Å². The molecule has 0 amide bonds. The van der Waals surface area contributed by atoms with Crippen molar-refractivity contribution in [1.82, 2.24) is 4.98 Å². The lowest BCUT2D eigenvalue weighted by Gasteiger charge is -2.10. The molecule has 0 aliphatic rings. The van der Waals surface area contributed by atoms with Crippen molar-refractivity contribution in [3.63, 3.8) is 0 Å². The molecule has 2 heteroatoms. The maximum Gasteiger partial charge on any atom is 0.227 e. The standard InChI is InChI=1S/C39H25NO/c1-2-8-26(9-3-1)27-14-16-28(17-15-27)29-18-20-30(21-19-29)39-40-37-23-22-32(25-38(37)41-39)36-24-31-10-4-5-11-33(31)34-12-6-7-13-35(34)36/h1-25H. The van der Waals surface area contributed by atoms with E-state index in [1.807, 2.05) is 6.07 Å². The van der Waals surface area contributed by atoms with Crippen molar-refractivity contribution in [2.75, 3.05) is 0 Å². The number of hydrogen-bond acceptors (Lipinski definition) is 2. The van der Waals surface area contributed by atoms with Crippen molar-refractivity contribution < 1.29 is 4.42 Å². The highest BCUT2D eigenvalue weighted by Gasteiger charge is 2.13. The molecule has 0 saturated carbocycles. The summed E-state index contributed by atoms with van der Waals surface area (Å²) < 4.78 is 6.31. The van der Waals surface area contributed by atoms with Crippen LogP contribution in [0.1, 0.15) is 0 Å². The zero-order valence-electron chi connectivity index (χ0n) is 22.3. The molecule has 0 aliphatic heterocycles. The zero-order chi connectivity index (χ0) is 27.2. The van der Waals surface area contributed by atoms with Crippen LogP contribution in [0.25, 0.3) is 77.5 Å². The predicted octanol–water partition coefficient (Wildman–Crippen LogP) is 10.8. The van der Waals surface area contributed by atoms with Crippen LogP contribution in [0.5, 0.6) is 0 Å². The van der Waals surface area contributed by atoms with Crippen LogP contribution < -0.4 is 0 Å². The van der Waals surface area contributed by atoms with Gasteiger partial charge >= 0.3 is 0 Å². The van der Waals surface area contributed by atoms with E-state index < -0.39 is 0 Å². The Hall–Kier alpha value is -5.47. The smallest absolute Gasteiger partial charge is 0.227 e. The summed E-state index contributed by atoms with van der Waals surface area (Å²) in [7, 11) is 0. The normalized spacial score (nSPS) is 11.4. The van der Waals surface area contributed by atoms with E-state index in [-0.39, 0.29) is 0 Å². The maximum atomic E-state index is 6.31. The van der Waals surface area contributed by atoms with Crippen molar-refractivity contribution in [1.29, 1.82) is 0 Å². The van der Waals surface area contributed by atoms with Gasteiger partial charge < -0.3 is 4.42 Å². The Morgan fingerprint density at radius 3 is 1.63 bits per heavy atom. The van der Waals surface area contributed by atoms with E-state index >= 15 is 0 Å². The first-order valence-electron chi connectivity index (χ1n) is 13.9. The third-order valence-corrected chi connectivity index (χ3v) is 7.92. The summed E-state index contributed by atoms with van der Waals surface area (Å²) in [6.07, 6.45) is 0. The summed E-state index contributed by atoms with van der Waals surface area (Å²) >= 11 is 0. The van der Waals surface area contributed by atoms with Crippen LogP contribution in [0.15, 0.2) is 156 Å². The SMILES string of the molecule is c1ccc(-c2ccc(-c3ccc(-c4nc5ccc(-c6cc7ccccc7c7ccccc67)cc5o4)cc3)cc2)cc1. The quantitative estimate of drug-likeness (QED) is 0.214. The largest absolute Gasteiger partial charge is 0.436 e. The van der Waals surface area contributed by atoms with Gasteiger partial charge in [-0.05, 0) is 85.3 Å². The second kappa shape index (κ2) is 9.62. The van der Waals surface area contributed by atoms with E-state index in [2.05, 4.69) is 146 Å². The Bertz CT molecular complexity index is 2170. The molecule has 0 atom stereocenters. The lowest BCUT2D eigenvalue weighted by atomic mass is 9.93. The van der Waals surface area contributed by atoms with Gasteiger partial charge in [-0.3, -0.25) is 0 Å². The number of aromatic nitrogens is 1. The van der Waals surface area contributed by atoms with E-state index in [0.717, 1.165) is 27.8 Å². The molecule has 0 N–H and O–H groups in total. The first-order valence-corrected chi connectivity index (χ1v) is 13.9. The molecular weight excluding hydrogens is 498 g/mol. The Labute approximate surface area is 238 Å². The molecule has 0 saturated heterocycles. The van der Waals surface area contributed by atoms with Crippen molar-refractivity contribution in [2.45, 2.75) is 0 Å². The molecule has 8 aromatic rings. The predicted molar refractivity (Wildman–Crippen MR) is 171 cm³/mol. The fourth-order valence-electron chi connectivity index (χ4n) is 5.80. The molecular formula is C39H25NO. The summed E-state index contributed by atoms with van der Waals surface area (Å²) in [4.78, 5) is 4.81. The molecule has 0 unspecified atom stereocenters. The molecule has 192 valence electrons. The molecule has 0 bridgehead atoms. The summed E-state index contributed by atoms with van der Waals surface area (Å²) in [5, 5.41) is 4.99. The fourth-order valence-corrected chi connectivity index (χ4v) is 5.80. The number of fused-ring (bicyclic) bond motifs is 4. The van der Waals surface area contributed by atoms with Gasteiger partial charge in [0.15, 0.2) is 5.58 Å². The van der Waals surface area contributed by atoms with Crippen LogP contribution in [0.4, 0.5) is 0 Å². The highest BCUT2D eigenvalue weighted by Crippen LogP contribution is 2.37. The summed E-state index contributed by atoms with van der Waals surface area (Å²) in [6.45, 7) is 0. The average Bonchev–Trinajstić information content (AvgIpc) is 3.49. The zero-order valence-corrected chi connectivity index (χ0v) is 22.3. The lowest BCUT2D eigenvalue weighted by Crippen LogP contribution is -1.84.